The third-order valence-corrected chi connectivity index (χ3v) is 5.59. The van der Waals surface area contributed by atoms with E-state index in [1.165, 1.54) is 24.1 Å². The lowest BCUT2D eigenvalue weighted by molar-refractivity contribution is 0.195. The Labute approximate surface area is 135 Å². The van der Waals surface area contributed by atoms with E-state index in [0.717, 1.165) is 0 Å². The van der Waals surface area contributed by atoms with Gasteiger partial charge in [-0.25, -0.2) is 17.6 Å². The highest BCUT2D eigenvalue weighted by Gasteiger charge is 2.29. The van der Waals surface area contributed by atoms with Gasteiger partial charge in [-0.15, -0.1) is 0 Å². The number of methoxy groups -OCH3 is 1. The SMILES string of the molecule is CCN(Cc1ccc(OC)c(F)c1)C(=O)N[C@H]1CCS(=O)(=O)C1. The van der Waals surface area contributed by atoms with Gasteiger partial charge in [0.25, 0.3) is 0 Å². The molecule has 0 saturated carbocycles. The molecule has 1 aromatic carbocycles. The zero-order valence-corrected chi connectivity index (χ0v) is 14.0. The fraction of sp³-hybridized carbons (Fsp3) is 0.533. The lowest BCUT2D eigenvalue weighted by Gasteiger charge is -2.23. The highest BCUT2D eigenvalue weighted by Crippen LogP contribution is 2.19. The molecule has 1 fully saturated rings. The van der Waals surface area contributed by atoms with Gasteiger partial charge in [-0.05, 0) is 31.0 Å². The number of nitrogens with zero attached hydrogens (tertiary/aromatic N) is 1. The topological polar surface area (TPSA) is 75.7 Å². The Hall–Kier alpha value is -1.83. The number of nitrogens with one attached hydrogen (secondary N) is 1. The molecule has 6 nitrogen and oxygen atoms in total. The number of rotatable bonds is 5. The molecule has 0 spiro atoms. The van der Waals surface area contributed by atoms with Crippen LogP contribution < -0.4 is 10.1 Å². The zero-order valence-electron chi connectivity index (χ0n) is 13.2. The lowest BCUT2D eigenvalue weighted by Crippen LogP contribution is -2.44. The molecule has 128 valence electrons. The Morgan fingerprint density at radius 2 is 2.22 bits per heavy atom. The third kappa shape index (κ3) is 4.57. The van der Waals surface area contributed by atoms with Crippen molar-refractivity contribution in [3.05, 3.63) is 29.6 Å². The minimum atomic E-state index is -3.04. The molecule has 1 atom stereocenters. The number of hydrogen-bond donors (Lipinski definition) is 1. The Kier molecular flexibility index (Phi) is 5.46. The van der Waals surface area contributed by atoms with Crippen molar-refractivity contribution >= 4 is 15.9 Å². The van der Waals surface area contributed by atoms with Crippen molar-refractivity contribution in [1.29, 1.82) is 0 Å². The average molecular weight is 344 g/mol. The minimum absolute atomic E-state index is 0.0204. The molecule has 0 aliphatic carbocycles. The van der Waals surface area contributed by atoms with E-state index < -0.39 is 15.7 Å². The van der Waals surface area contributed by atoms with Crippen LogP contribution in [-0.2, 0) is 16.4 Å². The molecule has 1 aromatic rings. The Balaban J connectivity index is 1.99. The molecule has 2 amide bonds. The zero-order chi connectivity index (χ0) is 17.0. The first-order valence-corrected chi connectivity index (χ1v) is 9.25. The van der Waals surface area contributed by atoms with Gasteiger partial charge in [0.1, 0.15) is 0 Å². The van der Waals surface area contributed by atoms with Crippen LogP contribution in [0.3, 0.4) is 0 Å². The fourth-order valence-electron chi connectivity index (χ4n) is 2.53. The molecule has 0 radical (unpaired) electrons. The molecule has 1 aliphatic rings. The summed E-state index contributed by atoms with van der Waals surface area (Å²) in [6.07, 6.45) is 0.433. The summed E-state index contributed by atoms with van der Waals surface area (Å²) in [7, 11) is -1.65. The molecule has 1 saturated heterocycles. The molecule has 0 bridgehead atoms. The normalized spacial score (nSPS) is 19.3. The number of halogens is 1. The Morgan fingerprint density at radius 3 is 2.74 bits per heavy atom. The molecule has 0 unspecified atom stereocenters. The van der Waals surface area contributed by atoms with Gasteiger partial charge < -0.3 is 15.0 Å². The second-order valence-corrected chi connectivity index (χ2v) is 7.76. The maximum absolute atomic E-state index is 13.7. The summed E-state index contributed by atoms with van der Waals surface area (Å²) in [6.45, 7) is 2.48. The van der Waals surface area contributed by atoms with Gasteiger partial charge >= 0.3 is 6.03 Å². The van der Waals surface area contributed by atoms with Crippen LogP contribution in [0.25, 0.3) is 0 Å². The molecule has 0 aromatic heterocycles. The van der Waals surface area contributed by atoms with Gasteiger partial charge in [0, 0.05) is 19.1 Å². The first kappa shape index (κ1) is 17.5. The molecular weight excluding hydrogens is 323 g/mol. The van der Waals surface area contributed by atoms with Crippen molar-refractivity contribution in [2.75, 3.05) is 25.2 Å². The quantitative estimate of drug-likeness (QED) is 0.879. The van der Waals surface area contributed by atoms with Crippen LogP contribution in [0.4, 0.5) is 9.18 Å². The molecule has 2 rings (SSSR count). The Morgan fingerprint density at radius 1 is 1.48 bits per heavy atom. The predicted octanol–water partition coefficient (Wildman–Crippen LogP) is 1.55. The summed E-state index contributed by atoms with van der Waals surface area (Å²) < 4.78 is 41.4. The van der Waals surface area contributed by atoms with Crippen LogP contribution in [0.1, 0.15) is 18.9 Å². The molecule has 1 aliphatic heterocycles. The van der Waals surface area contributed by atoms with Gasteiger partial charge in [0.05, 0.1) is 18.6 Å². The second-order valence-electron chi connectivity index (χ2n) is 5.53. The highest BCUT2D eigenvalue weighted by atomic mass is 32.2. The second kappa shape index (κ2) is 7.16. The van der Waals surface area contributed by atoms with E-state index >= 15 is 0 Å². The molecule has 1 heterocycles. The summed E-state index contributed by atoms with van der Waals surface area (Å²) in [5.74, 6) is -0.248. The minimum Gasteiger partial charge on any atom is -0.494 e. The van der Waals surface area contributed by atoms with Crippen LogP contribution in [0.15, 0.2) is 18.2 Å². The summed E-state index contributed by atoms with van der Waals surface area (Å²) in [5.41, 5.74) is 0.638. The maximum Gasteiger partial charge on any atom is 0.317 e. The van der Waals surface area contributed by atoms with E-state index in [9.17, 15) is 17.6 Å². The number of hydrogen-bond acceptors (Lipinski definition) is 4. The van der Waals surface area contributed by atoms with Gasteiger partial charge in [-0.3, -0.25) is 0 Å². The first-order chi connectivity index (χ1) is 10.8. The maximum atomic E-state index is 13.7. The number of ether oxygens (including phenoxy) is 1. The fourth-order valence-corrected chi connectivity index (χ4v) is 4.20. The van der Waals surface area contributed by atoms with Crippen molar-refractivity contribution in [2.45, 2.75) is 25.9 Å². The van der Waals surface area contributed by atoms with E-state index in [2.05, 4.69) is 5.32 Å². The van der Waals surface area contributed by atoms with E-state index in [4.69, 9.17) is 4.74 Å². The smallest absolute Gasteiger partial charge is 0.317 e. The molecule has 23 heavy (non-hydrogen) atoms. The molecular formula is C15H21FN2O4S. The molecule has 8 heteroatoms. The standard InChI is InChI=1S/C15H21FN2O4S/c1-3-18(9-11-4-5-14(22-2)13(16)8-11)15(19)17-12-6-7-23(20,21)10-12/h4-5,8,12H,3,6-7,9-10H2,1-2H3,(H,17,19)/t12-/m0/s1. The first-order valence-electron chi connectivity index (χ1n) is 7.43. The average Bonchev–Trinajstić information content (AvgIpc) is 2.83. The van der Waals surface area contributed by atoms with Gasteiger partial charge in [0.2, 0.25) is 0 Å². The number of urea groups is 1. The number of carbonyl (C=O) groups excluding carboxylic acids is 1. The summed E-state index contributed by atoms with van der Waals surface area (Å²) in [6, 6.07) is 3.84. The molecule has 1 N–H and O–H groups in total. The van der Waals surface area contributed by atoms with Crippen molar-refractivity contribution in [3.63, 3.8) is 0 Å². The van der Waals surface area contributed by atoms with E-state index in [1.807, 2.05) is 6.92 Å². The summed E-state index contributed by atoms with van der Waals surface area (Å²) in [5, 5.41) is 2.73. The number of carbonyl (C=O) groups is 1. The van der Waals surface area contributed by atoms with Gasteiger partial charge in [0.15, 0.2) is 21.4 Å². The van der Waals surface area contributed by atoms with Crippen molar-refractivity contribution in [3.8, 4) is 5.75 Å². The number of benzene rings is 1. The van der Waals surface area contributed by atoms with Crippen LogP contribution in [0.2, 0.25) is 0 Å². The lowest BCUT2D eigenvalue weighted by atomic mass is 10.2. The van der Waals surface area contributed by atoms with Crippen LogP contribution in [0, 0.1) is 5.82 Å². The highest BCUT2D eigenvalue weighted by molar-refractivity contribution is 7.91. The Bertz CT molecular complexity index is 678. The van der Waals surface area contributed by atoms with Crippen LogP contribution in [0.5, 0.6) is 5.75 Å². The van der Waals surface area contributed by atoms with Crippen LogP contribution in [-0.4, -0.2) is 50.6 Å². The number of amides is 2. The largest absolute Gasteiger partial charge is 0.494 e. The third-order valence-electron chi connectivity index (χ3n) is 3.82. The monoisotopic (exact) mass is 344 g/mol. The van der Waals surface area contributed by atoms with Crippen molar-refractivity contribution < 1.29 is 22.3 Å². The predicted molar refractivity (Wildman–Crippen MR) is 84.6 cm³/mol. The van der Waals surface area contributed by atoms with E-state index in [0.29, 0.717) is 18.5 Å². The van der Waals surface area contributed by atoms with Gasteiger partial charge in [-0.1, -0.05) is 6.07 Å². The van der Waals surface area contributed by atoms with Crippen molar-refractivity contribution in [1.82, 2.24) is 10.2 Å². The van der Waals surface area contributed by atoms with E-state index in [-0.39, 0.29) is 35.9 Å². The van der Waals surface area contributed by atoms with Crippen LogP contribution >= 0.6 is 0 Å². The summed E-state index contributed by atoms with van der Waals surface area (Å²) in [4.78, 5) is 13.8. The van der Waals surface area contributed by atoms with Crippen molar-refractivity contribution in [2.24, 2.45) is 0 Å². The van der Waals surface area contributed by atoms with E-state index in [1.54, 1.807) is 6.07 Å². The summed E-state index contributed by atoms with van der Waals surface area (Å²) >= 11 is 0. The van der Waals surface area contributed by atoms with Gasteiger partial charge in [-0.2, -0.15) is 0 Å². The number of sulfone groups is 1.